The van der Waals surface area contributed by atoms with Crippen molar-refractivity contribution in [3.8, 4) is 0 Å². The summed E-state index contributed by atoms with van der Waals surface area (Å²) in [5.74, 6) is -0.117. The highest BCUT2D eigenvalue weighted by atomic mass is 32.2. The van der Waals surface area contributed by atoms with Crippen LogP contribution in [0.4, 0.5) is 0 Å². The van der Waals surface area contributed by atoms with Crippen LogP contribution in [0.5, 0.6) is 0 Å². The summed E-state index contributed by atoms with van der Waals surface area (Å²) in [6.45, 7) is 1.43. The summed E-state index contributed by atoms with van der Waals surface area (Å²) in [5, 5.41) is 2.71. The zero-order valence-corrected chi connectivity index (χ0v) is 19.6. The largest absolute Gasteiger partial charge is 0.335 e. The van der Waals surface area contributed by atoms with Gasteiger partial charge in [-0.05, 0) is 18.4 Å². The van der Waals surface area contributed by atoms with Crippen LogP contribution in [-0.4, -0.2) is 72.1 Å². The van der Waals surface area contributed by atoms with Crippen molar-refractivity contribution in [2.75, 3.05) is 33.2 Å². The predicted molar refractivity (Wildman–Crippen MR) is 122 cm³/mol. The van der Waals surface area contributed by atoms with E-state index >= 15 is 0 Å². The van der Waals surface area contributed by atoms with Gasteiger partial charge in [-0.25, -0.2) is 4.98 Å². The number of nitrogens with zero attached hydrogens (tertiary/aromatic N) is 4. The number of rotatable bonds is 6. The summed E-state index contributed by atoms with van der Waals surface area (Å²) >= 11 is 1.49. The van der Waals surface area contributed by atoms with Crippen molar-refractivity contribution in [1.82, 2.24) is 18.5 Å². The average Bonchev–Trinajstić information content (AvgIpc) is 3.28. The van der Waals surface area contributed by atoms with Crippen LogP contribution in [0.15, 0.2) is 35.7 Å². The molecule has 4 rings (SSSR count). The number of hydrogen-bond donors (Lipinski definition) is 0. The molecule has 2 aromatic rings. The molecule has 0 bridgehead atoms. The number of amides is 1. The number of benzene rings is 1. The fourth-order valence-electron chi connectivity index (χ4n) is 4.36. The van der Waals surface area contributed by atoms with E-state index in [0.29, 0.717) is 38.3 Å². The van der Waals surface area contributed by atoms with Crippen LogP contribution < -0.4 is 0 Å². The second-order valence-electron chi connectivity index (χ2n) is 8.30. The van der Waals surface area contributed by atoms with E-state index < -0.39 is 10.2 Å². The van der Waals surface area contributed by atoms with E-state index in [9.17, 15) is 13.2 Å². The molecule has 0 atom stereocenters. The summed E-state index contributed by atoms with van der Waals surface area (Å²) in [6, 6.07) is 10.2. The standard InChI is InChI=1S/C22H30N4O3S2/c1-24(19-10-6-3-7-11-19)31(28,29)26-14-12-25(13-15-26)22(27)20-17-30-21(23-20)16-18-8-4-2-5-9-18/h2,4-5,8-9,17,19H,3,6-7,10-16H2,1H3. The third-order valence-electron chi connectivity index (χ3n) is 6.27. The van der Waals surface area contributed by atoms with Crippen LogP contribution in [0.2, 0.25) is 0 Å². The van der Waals surface area contributed by atoms with Crippen LogP contribution in [0.3, 0.4) is 0 Å². The highest BCUT2D eigenvalue weighted by molar-refractivity contribution is 7.86. The molecule has 0 unspecified atom stereocenters. The lowest BCUT2D eigenvalue weighted by atomic mass is 9.96. The molecule has 1 amide bonds. The minimum absolute atomic E-state index is 0.0939. The Labute approximate surface area is 188 Å². The first-order valence-corrected chi connectivity index (χ1v) is 13.2. The summed E-state index contributed by atoms with van der Waals surface area (Å²) in [6.07, 6.45) is 5.94. The van der Waals surface area contributed by atoms with Crippen molar-refractivity contribution < 1.29 is 13.2 Å². The molecular formula is C22H30N4O3S2. The molecule has 2 heterocycles. The molecule has 168 valence electrons. The maximum atomic E-state index is 13.0. The molecule has 1 aliphatic heterocycles. The number of carbonyl (C=O) groups excluding carboxylic acids is 1. The van der Waals surface area contributed by atoms with Gasteiger partial charge in [-0.15, -0.1) is 11.3 Å². The van der Waals surface area contributed by atoms with Crippen molar-refractivity contribution in [2.24, 2.45) is 0 Å². The van der Waals surface area contributed by atoms with Gasteiger partial charge in [-0.1, -0.05) is 49.6 Å². The zero-order chi connectivity index (χ0) is 21.8. The maximum absolute atomic E-state index is 13.0. The van der Waals surface area contributed by atoms with E-state index in [1.54, 1.807) is 21.6 Å². The van der Waals surface area contributed by atoms with Gasteiger partial charge in [0.25, 0.3) is 16.1 Å². The number of thiazole rings is 1. The van der Waals surface area contributed by atoms with E-state index in [1.165, 1.54) is 22.1 Å². The Morgan fingerprint density at radius 3 is 2.45 bits per heavy atom. The minimum Gasteiger partial charge on any atom is -0.335 e. The molecule has 0 N–H and O–H groups in total. The third-order valence-corrected chi connectivity index (χ3v) is 9.17. The first-order valence-electron chi connectivity index (χ1n) is 11.0. The minimum atomic E-state index is -3.49. The van der Waals surface area contributed by atoms with Crippen molar-refractivity contribution >= 4 is 27.5 Å². The van der Waals surface area contributed by atoms with Crippen molar-refractivity contribution in [3.05, 3.63) is 52.0 Å². The second kappa shape index (κ2) is 9.77. The maximum Gasteiger partial charge on any atom is 0.282 e. The fourth-order valence-corrected chi connectivity index (χ4v) is 6.74. The number of hydrogen-bond acceptors (Lipinski definition) is 5. The van der Waals surface area contributed by atoms with Crippen molar-refractivity contribution in [1.29, 1.82) is 0 Å². The van der Waals surface area contributed by atoms with Gasteiger partial charge in [0.1, 0.15) is 5.69 Å². The smallest absolute Gasteiger partial charge is 0.282 e. The van der Waals surface area contributed by atoms with Gasteiger partial charge in [-0.3, -0.25) is 4.79 Å². The predicted octanol–water partition coefficient (Wildman–Crippen LogP) is 3.00. The van der Waals surface area contributed by atoms with Crippen LogP contribution in [0, 0.1) is 0 Å². The Morgan fingerprint density at radius 1 is 1.10 bits per heavy atom. The Morgan fingerprint density at radius 2 is 1.77 bits per heavy atom. The highest BCUT2D eigenvalue weighted by Gasteiger charge is 2.35. The van der Waals surface area contributed by atoms with E-state index in [0.717, 1.165) is 36.3 Å². The van der Waals surface area contributed by atoms with Gasteiger partial charge < -0.3 is 4.90 Å². The molecule has 1 saturated heterocycles. The molecule has 7 nitrogen and oxygen atoms in total. The molecule has 2 aliphatic rings. The molecule has 1 saturated carbocycles. The van der Waals surface area contributed by atoms with Gasteiger partial charge in [0.05, 0.1) is 5.01 Å². The van der Waals surface area contributed by atoms with Crippen LogP contribution in [-0.2, 0) is 16.6 Å². The van der Waals surface area contributed by atoms with Crippen LogP contribution in [0.25, 0.3) is 0 Å². The van der Waals surface area contributed by atoms with Crippen LogP contribution in [0.1, 0.15) is 53.2 Å². The summed E-state index contributed by atoms with van der Waals surface area (Å²) in [4.78, 5) is 19.1. The van der Waals surface area contributed by atoms with Gasteiger partial charge in [-0.2, -0.15) is 17.0 Å². The van der Waals surface area contributed by atoms with Gasteiger partial charge >= 0.3 is 0 Å². The molecule has 0 radical (unpaired) electrons. The lowest BCUT2D eigenvalue weighted by molar-refractivity contribution is 0.0687. The zero-order valence-electron chi connectivity index (χ0n) is 17.9. The van der Waals surface area contributed by atoms with E-state index in [-0.39, 0.29) is 11.9 Å². The lowest BCUT2D eigenvalue weighted by Gasteiger charge is -2.38. The van der Waals surface area contributed by atoms with E-state index in [2.05, 4.69) is 4.98 Å². The fraction of sp³-hybridized carbons (Fsp3) is 0.545. The second-order valence-corrected chi connectivity index (χ2v) is 11.2. The Bertz CT molecular complexity index is 979. The monoisotopic (exact) mass is 462 g/mol. The van der Waals surface area contributed by atoms with E-state index in [4.69, 9.17) is 0 Å². The molecule has 2 fully saturated rings. The summed E-state index contributed by atoms with van der Waals surface area (Å²) in [5.41, 5.74) is 1.61. The van der Waals surface area contributed by atoms with E-state index in [1.807, 2.05) is 30.3 Å². The summed E-state index contributed by atoms with van der Waals surface area (Å²) in [7, 11) is -1.79. The number of piperazine rings is 1. The number of aromatic nitrogens is 1. The van der Waals surface area contributed by atoms with Gasteiger partial charge in [0.2, 0.25) is 0 Å². The quantitative estimate of drug-likeness (QED) is 0.662. The first kappa shape index (κ1) is 22.4. The van der Waals surface area contributed by atoms with Crippen LogP contribution >= 0.6 is 11.3 Å². The molecule has 9 heteroatoms. The first-order chi connectivity index (χ1) is 14.9. The lowest BCUT2D eigenvalue weighted by Crippen LogP contribution is -2.55. The molecule has 1 aliphatic carbocycles. The van der Waals surface area contributed by atoms with Gasteiger partial charge in [0, 0.05) is 51.1 Å². The molecular weight excluding hydrogens is 432 g/mol. The third kappa shape index (κ3) is 5.16. The normalized spacial score (nSPS) is 19.1. The topological polar surface area (TPSA) is 73.8 Å². The molecule has 1 aromatic heterocycles. The highest BCUT2D eigenvalue weighted by Crippen LogP contribution is 2.25. The Balaban J connectivity index is 1.33. The van der Waals surface area contributed by atoms with Crippen molar-refractivity contribution in [3.63, 3.8) is 0 Å². The number of carbonyl (C=O) groups is 1. The molecule has 0 spiro atoms. The average molecular weight is 463 g/mol. The van der Waals surface area contributed by atoms with Gasteiger partial charge in [0.15, 0.2) is 0 Å². The Hall–Kier alpha value is -1.81. The molecule has 1 aromatic carbocycles. The van der Waals surface area contributed by atoms with Crippen molar-refractivity contribution in [2.45, 2.75) is 44.6 Å². The Kier molecular flexibility index (Phi) is 7.05. The summed E-state index contributed by atoms with van der Waals surface area (Å²) < 4.78 is 29.2. The molecule has 31 heavy (non-hydrogen) atoms. The SMILES string of the molecule is CN(C1CCCCC1)S(=O)(=O)N1CCN(C(=O)c2csc(Cc3ccccc3)n2)CC1.